The SMILES string of the molecule is CCCCN(C(=O)C(Cl)Cl)C(C)C. The van der Waals surface area contributed by atoms with E-state index in [0.717, 1.165) is 19.4 Å². The van der Waals surface area contributed by atoms with Crippen LogP contribution in [0.3, 0.4) is 0 Å². The van der Waals surface area contributed by atoms with E-state index < -0.39 is 4.84 Å². The Balaban J connectivity index is 4.16. The zero-order chi connectivity index (χ0) is 10.4. The molecule has 0 saturated heterocycles. The van der Waals surface area contributed by atoms with E-state index >= 15 is 0 Å². The second kappa shape index (κ2) is 6.50. The first-order chi connectivity index (χ1) is 6.00. The van der Waals surface area contributed by atoms with Gasteiger partial charge < -0.3 is 4.90 Å². The zero-order valence-corrected chi connectivity index (χ0v) is 9.90. The molecule has 13 heavy (non-hydrogen) atoms. The van der Waals surface area contributed by atoms with Crippen molar-refractivity contribution in [2.24, 2.45) is 0 Å². The minimum atomic E-state index is -0.931. The first kappa shape index (κ1) is 13.1. The maximum absolute atomic E-state index is 11.5. The molecule has 0 aromatic heterocycles. The number of unbranched alkanes of at least 4 members (excludes halogenated alkanes) is 1. The van der Waals surface area contributed by atoms with Crippen molar-refractivity contribution in [1.29, 1.82) is 0 Å². The highest BCUT2D eigenvalue weighted by molar-refractivity contribution is 6.53. The van der Waals surface area contributed by atoms with Crippen LogP contribution < -0.4 is 0 Å². The van der Waals surface area contributed by atoms with E-state index in [2.05, 4.69) is 6.92 Å². The van der Waals surface area contributed by atoms with Gasteiger partial charge in [-0.3, -0.25) is 4.79 Å². The van der Waals surface area contributed by atoms with Gasteiger partial charge in [-0.25, -0.2) is 0 Å². The summed E-state index contributed by atoms with van der Waals surface area (Å²) in [7, 11) is 0. The predicted octanol–water partition coefficient (Wildman–Crippen LogP) is 2.83. The number of carbonyl (C=O) groups is 1. The maximum atomic E-state index is 11.5. The number of halogens is 2. The Labute approximate surface area is 90.2 Å². The van der Waals surface area contributed by atoms with Gasteiger partial charge in [0.1, 0.15) is 0 Å². The fourth-order valence-corrected chi connectivity index (χ4v) is 1.33. The van der Waals surface area contributed by atoms with Crippen LogP contribution in [0.4, 0.5) is 0 Å². The Bertz CT molecular complexity index is 160. The molecule has 2 nitrogen and oxygen atoms in total. The van der Waals surface area contributed by atoms with Crippen molar-refractivity contribution in [2.45, 2.75) is 44.5 Å². The molecular formula is C9H17Cl2NO. The number of carbonyl (C=O) groups excluding carboxylic acids is 1. The van der Waals surface area contributed by atoms with Crippen LogP contribution in [0.25, 0.3) is 0 Å². The second-order valence-electron chi connectivity index (χ2n) is 3.28. The van der Waals surface area contributed by atoms with E-state index in [0.29, 0.717) is 0 Å². The Kier molecular flexibility index (Phi) is 6.52. The van der Waals surface area contributed by atoms with Crippen LogP contribution in [0.2, 0.25) is 0 Å². The molecule has 1 amide bonds. The molecule has 0 aromatic carbocycles. The van der Waals surface area contributed by atoms with E-state index in [-0.39, 0.29) is 11.9 Å². The Morgan fingerprint density at radius 3 is 2.23 bits per heavy atom. The number of rotatable bonds is 5. The Morgan fingerprint density at radius 2 is 1.92 bits per heavy atom. The molecule has 0 bridgehead atoms. The summed E-state index contributed by atoms with van der Waals surface area (Å²) >= 11 is 11.0. The number of amides is 1. The minimum Gasteiger partial charge on any atom is -0.338 e. The fourth-order valence-electron chi connectivity index (χ4n) is 1.08. The maximum Gasteiger partial charge on any atom is 0.256 e. The van der Waals surface area contributed by atoms with Crippen LogP contribution in [0.15, 0.2) is 0 Å². The van der Waals surface area contributed by atoms with Gasteiger partial charge in [-0.05, 0) is 20.3 Å². The molecule has 0 aliphatic carbocycles. The third-order valence-corrected chi connectivity index (χ3v) is 2.22. The van der Waals surface area contributed by atoms with Gasteiger partial charge in [-0.2, -0.15) is 0 Å². The third kappa shape index (κ3) is 4.72. The van der Waals surface area contributed by atoms with Crippen molar-refractivity contribution in [1.82, 2.24) is 4.90 Å². The van der Waals surface area contributed by atoms with Crippen LogP contribution in [0.1, 0.15) is 33.6 Å². The molecule has 0 heterocycles. The first-order valence-corrected chi connectivity index (χ1v) is 5.46. The van der Waals surface area contributed by atoms with Crippen molar-refractivity contribution < 1.29 is 4.79 Å². The quantitative estimate of drug-likeness (QED) is 0.660. The molecule has 0 N–H and O–H groups in total. The molecule has 78 valence electrons. The predicted molar refractivity (Wildman–Crippen MR) is 57.3 cm³/mol. The molecule has 0 saturated carbocycles. The monoisotopic (exact) mass is 225 g/mol. The summed E-state index contributed by atoms with van der Waals surface area (Å²) in [5, 5.41) is 0. The molecule has 0 unspecified atom stereocenters. The molecule has 0 fully saturated rings. The van der Waals surface area contributed by atoms with E-state index in [4.69, 9.17) is 23.2 Å². The number of alkyl halides is 2. The van der Waals surface area contributed by atoms with Crippen molar-refractivity contribution in [3.8, 4) is 0 Å². The molecule has 0 aromatic rings. The van der Waals surface area contributed by atoms with Gasteiger partial charge in [-0.15, -0.1) is 0 Å². The summed E-state index contributed by atoms with van der Waals surface area (Å²) in [4.78, 5) is 12.2. The van der Waals surface area contributed by atoms with Crippen LogP contribution in [0, 0.1) is 0 Å². The highest BCUT2D eigenvalue weighted by atomic mass is 35.5. The third-order valence-electron chi connectivity index (χ3n) is 1.85. The largest absolute Gasteiger partial charge is 0.338 e. The number of hydrogen-bond donors (Lipinski definition) is 0. The number of hydrogen-bond acceptors (Lipinski definition) is 1. The Hall–Kier alpha value is 0.0500. The summed E-state index contributed by atoms with van der Waals surface area (Å²) in [5.74, 6) is -0.188. The molecular weight excluding hydrogens is 209 g/mol. The topological polar surface area (TPSA) is 20.3 Å². The second-order valence-corrected chi connectivity index (χ2v) is 4.38. The summed E-state index contributed by atoms with van der Waals surface area (Å²) in [6.45, 7) is 6.75. The fraction of sp³-hybridized carbons (Fsp3) is 0.889. The van der Waals surface area contributed by atoms with Gasteiger partial charge in [0.15, 0.2) is 4.84 Å². The first-order valence-electron chi connectivity index (χ1n) is 4.59. The molecule has 0 atom stereocenters. The van der Waals surface area contributed by atoms with E-state index in [1.165, 1.54) is 0 Å². The van der Waals surface area contributed by atoms with Gasteiger partial charge in [-0.1, -0.05) is 36.5 Å². The lowest BCUT2D eigenvalue weighted by Gasteiger charge is -2.27. The van der Waals surface area contributed by atoms with Gasteiger partial charge in [0.2, 0.25) is 0 Å². The Morgan fingerprint density at radius 1 is 1.38 bits per heavy atom. The van der Waals surface area contributed by atoms with Crippen LogP contribution >= 0.6 is 23.2 Å². The zero-order valence-electron chi connectivity index (χ0n) is 8.39. The average molecular weight is 226 g/mol. The smallest absolute Gasteiger partial charge is 0.256 e. The highest BCUT2D eigenvalue weighted by Crippen LogP contribution is 2.11. The lowest BCUT2D eigenvalue weighted by molar-refractivity contribution is -0.131. The summed E-state index contributed by atoms with van der Waals surface area (Å²) in [6.07, 6.45) is 2.05. The molecule has 0 aliphatic rings. The number of nitrogens with zero attached hydrogens (tertiary/aromatic N) is 1. The van der Waals surface area contributed by atoms with E-state index in [1.54, 1.807) is 4.90 Å². The van der Waals surface area contributed by atoms with Gasteiger partial charge in [0, 0.05) is 12.6 Å². The molecule has 0 radical (unpaired) electrons. The van der Waals surface area contributed by atoms with Gasteiger partial charge in [0.05, 0.1) is 0 Å². The van der Waals surface area contributed by atoms with Gasteiger partial charge >= 0.3 is 0 Å². The van der Waals surface area contributed by atoms with Crippen molar-refractivity contribution >= 4 is 29.1 Å². The highest BCUT2D eigenvalue weighted by Gasteiger charge is 2.21. The lowest BCUT2D eigenvalue weighted by atomic mass is 10.2. The molecule has 0 spiro atoms. The van der Waals surface area contributed by atoms with Crippen LogP contribution in [-0.2, 0) is 4.79 Å². The van der Waals surface area contributed by atoms with Crippen LogP contribution in [0.5, 0.6) is 0 Å². The standard InChI is InChI=1S/C9H17Cl2NO/c1-4-5-6-12(7(2)3)9(13)8(10)11/h7-8H,4-6H2,1-3H3. The van der Waals surface area contributed by atoms with E-state index in [1.807, 2.05) is 13.8 Å². The lowest BCUT2D eigenvalue weighted by Crippen LogP contribution is -2.40. The summed E-state index contributed by atoms with van der Waals surface area (Å²) in [5.41, 5.74) is 0. The minimum absolute atomic E-state index is 0.166. The average Bonchev–Trinajstić information content (AvgIpc) is 2.04. The van der Waals surface area contributed by atoms with Crippen LogP contribution in [-0.4, -0.2) is 28.2 Å². The molecule has 0 rings (SSSR count). The van der Waals surface area contributed by atoms with Gasteiger partial charge in [0.25, 0.3) is 5.91 Å². The normalized spacial score (nSPS) is 11.0. The molecule has 4 heteroatoms. The summed E-state index contributed by atoms with van der Waals surface area (Å²) in [6, 6.07) is 0.166. The van der Waals surface area contributed by atoms with E-state index in [9.17, 15) is 4.79 Å². The van der Waals surface area contributed by atoms with Crippen molar-refractivity contribution in [2.75, 3.05) is 6.54 Å². The molecule has 0 aliphatic heterocycles. The van der Waals surface area contributed by atoms with Crippen molar-refractivity contribution in [3.05, 3.63) is 0 Å². The summed E-state index contributed by atoms with van der Waals surface area (Å²) < 4.78 is 0. The van der Waals surface area contributed by atoms with Crippen molar-refractivity contribution in [3.63, 3.8) is 0 Å².